The number of ether oxygens (including phenoxy) is 2. The third kappa shape index (κ3) is 3.18. The molecule has 4 rings (SSSR count). The Bertz CT molecular complexity index is 886. The SMILES string of the molecule is C[NH+]1CCN(S(=O)(=O)c2ccc3c(c2)OCCO3)[C@H](c2ccccc2)C1. The van der Waals surface area contributed by atoms with Gasteiger partial charge in [-0.3, -0.25) is 0 Å². The molecule has 1 unspecified atom stereocenters. The van der Waals surface area contributed by atoms with Crippen LogP contribution in [-0.4, -0.2) is 52.6 Å². The fourth-order valence-corrected chi connectivity index (χ4v) is 5.19. The molecule has 1 N–H and O–H groups in total. The van der Waals surface area contributed by atoms with E-state index >= 15 is 0 Å². The zero-order chi connectivity index (χ0) is 18.1. The number of fused-ring (bicyclic) bond motifs is 1. The molecule has 138 valence electrons. The third-order valence-corrected chi connectivity index (χ3v) is 6.86. The lowest BCUT2D eigenvalue weighted by molar-refractivity contribution is -0.887. The van der Waals surface area contributed by atoms with E-state index in [1.807, 2.05) is 30.3 Å². The first-order valence-electron chi connectivity index (χ1n) is 8.83. The summed E-state index contributed by atoms with van der Waals surface area (Å²) >= 11 is 0. The molecular formula is C19H23N2O4S+. The monoisotopic (exact) mass is 375 g/mol. The summed E-state index contributed by atoms with van der Waals surface area (Å²) in [7, 11) is -1.53. The zero-order valence-electron chi connectivity index (χ0n) is 14.7. The Kier molecular flexibility index (Phi) is 4.60. The molecule has 2 aliphatic rings. The van der Waals surface area contributed by atoms with Gasteiger partial charge in [-0.1, -0.05) is 30.3 Å². The molecule has 0 saturated carbocycles. The third-order valence-electron chi connectivity index (χ3n) is 4.95. The lowest BCUT2D eigenvalue weighted by Gasteiger charge is -2.37. The van der Waals surface area contributed by atoms with Gasteiger partial charge in [0.25, 0.3) is 0 Å². The second-order valence-corrected chi connectivity index (χ2v) is 8.65. The summed E-state index contributed by atoms with van der Waals surface area (Å²) in [5, 5.41) is 0. The normalized spacial score (nSPS) is 23.6. The van der Waals surface area contributed by atoms with Gasteiger partial charge in [-0.15, -0.1) is 0 Å². The first kappa shape index (κ1) is 17.3. The van der Waals surface area contributed by atoms with Crippen LogP contribution in [0.3, 0.4) is 0 Å². The number of rotatable bonds is 3. The zero-order valence-corrected chi connectivity index (χ0v) is 15.5. The number of hydrogen-bond donors (Lipinski definition) is 1. The molecule has 2 aromatic rings. The van der Waals surface area contributed by atoms with E-state index in [2.05, 4.69) is 7.05 Å². The Labute approximate surface area is 154 Å². The van der Waals surface area contributed by atoms with Crippen molar-refractivity contribution < 1.29 is 22.8 Å². The molecule has 2 atom stereocenters. The van der Waals surface area contributed by atoms with Crippen molar-refractivity contribution in [1.29, 1.82) is 0 Å². The highest BCUT2D eigenvalue weighted by Crippen LogP contribution is 2.35. The van der Waals surface area contributed by atoms with Crippen LogP contribution in [0.25, 0.3) is 0 Å². The maximum absolute atomic E-state index is 13.4. The Morgan fingerprint density at radius 2 is 1.77 bits per heavy atom. The molecule has 0 amide bonds. The van der Waals surface area contributed by atoms with E-state index in [0.29, 0.717) is 31.3 Å². The van der Waals surface area contributed by atoms with E-state index in [0.717, 1.165) is 18.7 Å². The van der Waals surface area contributed by atoms with Gasteiger partial charge in [0.15, 0.2) is 11.5 Å². The van der Waals surface area contributed by atoms with E-state index in [9.17, 15) is 8.42 Å². The minimum atomic E-state index is -3.63. The van der Waals surface area contributed by atoms with Crippen molar-refractivity contribution in [3.63, 3.8) is 0 Å². The molecule has 0 bridgehead atoms. The maximum Gasteiger partial charge on any atom is 0.244 e. The fraction of sp³-hybridized carbons (Fsp3) is 0.368. The van der Waals surface area contributed by atoms with Crippen LogP contribution in [0.5, 0.6) is 11.5 Å². The number of nitrogens with zero attached hydrogens (tertiary/aromatic N) is 1. The van der Waals surface area contributed by atoms with Crippen molar-refractivity contribution in [3.8, 4) is 11.5 Å². The summed E-state index contributed by atoms with van der Waals surface area (Å²) in [5.74, 6) is 1.09. The Morgan fingerprint density at radius 1 is 1.04 bits per heavy atom. The standard InChI is InChI=1S/C19H22N2O4S/c1-20-9-10-21(17(14-20)15-5-3-2-4-6-15)26(22,23)16-7-8-18-19(13-16)25-12-11-24-18/h2-8,13,17H,9-12,14H2,1H3/p+1/t17-/m0/s1. The summed E-state index contributed by atoms with van der Waals surface area (Å²) in [6, 6.07) is 14.5. The van der Waals surface area contributed by atoms with Crippen LogP contribution in [0, 0.1) is 0 Å². The van der Waals surface area contributed by atoms with E-state index in [4.69, 9.17) is 9.47 Å². The second kappa shape index (κ2) is 6.90. The van der Waals surface area contributed by atoms with Crippen molar-refractivity contribution in [2.45, 2.75) is 10.9 Å². The van der Waals surface area contributed by atoms with Gasteiger partial charge in [0, 0.05) is 6.07 Å². The molecule has 0 aromatic heterocycles. The first-order valence-corrected chi connectivity index (χ1v) is 10.3. The molecule has 1 fully saturated rings. The molecule has 2 aromatic carbocycles. The van der Waals surface area contributed by atoms with Gasteiger partial charge >= 0.3 is 0 Å². The van der Waals surface area contributed by atoms with Crippen molar-refractivity contribution in [2.24, 2.45) is 0 Å². The van der Waals surface area contributed by atoms with E-state index in [-0.39, 0.29) is 10.9 Å². The van der Waals surface area contributed by atoms with E-state index < -0.39 is 10.0 Å². The van der Waals surface area contributed by atoms with E-state index in [1.165, 1.54) is 4.90 Å². The predicted molar refractivity (Wildman–Crippen MR) is 97.1 cm³/mol. The summed E-state index contributed by atoms with van der Waals surface area (Å²) < 4.78 is 39.5. The molecule has 2 aliphatic heterocycles. The Hall–Kier alpha value is -2.09. The van der Waals surface area contributed by atoms with Crippen LogP contribution >= 0.6 is 0 Å². The van der Waals surface area contributed by atoms with Crippen molar-refractivity contribution in [2.75, 3.05) is 39.9 Å². The Morgan fingerprint density at radius 3 is 2.54 bits per heavy atom. The predicted octanol–water partition coefficient (Wildman–Crippen LogP) is 0.718. The first-order chi connectivity index (χ1) is 12.6. The molecule has 7 heteroatoms. The highest BCUT2D eigenvalue weighted by molar-refractivity contribution is 7.89. The number of piperazine rings is 1. The summed E-state index contributed by atoms with van der Waals surface area (Å²) in [6.07, 6.45) is 0. The number of nitrogens with one attached hydrogen (secondary N) is 1. The number of likely N-dealkylation sites (N-methyl/N-ethyl adjacent to an activating group) is 1. The molecular weight excluding hydrogens is 352 g/mol. The maximum atomic E-state index is 13.4. The van der Waals surface area contributed by atoms with Crippen LogP contribution in [0.4, 0.5) is 0 Å². The van der Waals surface area contributed by atoms with E-state index in [1.54, 1.807) is 22.5 Å². The van der Waals surface area contributed by atoms with Crippen LogP contribution < -0.4 is 14.4 Å². The minimum Gasteiger partial charge on any atom is -0.486 e. The minimum absolute atomic E-state index is 0.178. The molecule has 6 nitrogen and oxygen atoms in total. The highest BCUT2D eigenvalue weighted by Gasteiger charge is 2.38. The molecule has 0 aliphatic carbocycles. The van der Waals surface area contributed by atoms with Gasteiger partial charge < -0.3 is 14.4 Å². The number of hydrogen-bond acceptors (Lipinski definition) is 4. The largest absolute Gasteiger partial charge is 0.486 e. The average Bonchev–Trinajstić information content (AvgIpc) is 2.68. The fourth-order valence-electron chi connectivity index (χ4n) is 3.56. The van der Waals surface area contributed by atoms with Gasteiger partial charge in [0.05, 0.1) is 37.6 Å². The van der Waals surface area contributed by atoms with Crippen LogP contribution in [0.1, 0.15) is 11.6 Å². The van der Waals surface area contributed by atoms with Gasteiger partial charge in [-0.2, -0.15) is 4.31 Å². The molecule has 1 saturated heterocycles. The van der Waals surface area contributed by atoms with Crippen LogP contribution in [0.15, 0.2) is 53.4 Å². The quantitative estimate of drug-likeness (QED) is 0.859. The number of quaternary nitrogens is 1. The summed E-state index contributed by atoms with van der Waals surface area (Å²) in [6.45, 7) is 2.93. The number of benzene rings is 2. The van der Waals surface area contributed by atoms with Crippen molar-refractivity contribution in [3.05, 3.63) is 54.1 Å². The molecule has 26 heavy (non-hydrogen) atoms. The van der Waals surface area contributed by atoms with Gasteiger partial charge in [0.2, 0.25) is 10.0 Å². The summed E-state index contributed by atoms with van der Waals surface area (Å²) in [4.78, 5) is 1.58. The summed E-state index contributed by atoms with van der Waals surface area (Å²) in [5.41, 5.74) is 1.02. The van der Waals surface area contributed by atoms with Crippen LogP contribution in [0.2, 0.25) is 0 Å². The number of sulfonamides is 1. The van der Waals surface area contributed by atoms with Crippen molar-refractivity contribution in [1.82, 2.24) is 4.31 Å². The van der Waals surface area contributed by atoms with Crippen molar-refractivity contribution >= 4 is 10.0 Å². The highest BCUT2D eigenvalue weighted by atomic mass is 32.2. The lowest BCUT2D eigenvalue weighted by atomic mass is 10.1. The molecule has 0 spiro atoms. The second-order valence-electron chi connectivity index (χ2n) is 6.76. The van der Waals surface area contributed by atoms with Crippen LogP contribution in [-0.2, 0) is 10.0 Å². The average molecular weight is 375 g/mol. The Balaban J connectivity index is 1.71. The van der Waals surface area contributed by atoms with Gasteiger partial charge in [0.1, 0.15) is 13.2 Å². The van der Waals surface area contributed by atoms with Gasteiger partial charge in [-0.05, 0) is 17.7 Å². The molecule has 2 heterocycles. The van der Waals surface area contributed by atoms with Gasteiger partial charge in [-0.25, -0.2) is 8.42 Å². The molecule has 0 radical (unpaired) electrons. The topological polar surface area (TPSA) is 60.3 Å². The smallest absolute Gasteiger partial charge is 0.244 e. The lowest BCUT2D eigenvalue weighted by Crippen LogP contribution is -3.12.